The molecule has 126 valence electrons. The summed E-state index contributed by atoms with van der Waals surface area (Å²) in [6.45, 7) is 8.46. The largest absolute Gasteiger partial charge is 0.370 e. The molecule has 1 aliphatic heterocycles. The van der Waals surface area contributed by atoms with Gasteiger partial charge in [0.05, 0.1) is 11.9 Å². The molecule has 3 rings (SSSR count). The van der Waals surface area contributed by atoms with E-state index in [1.807, 2.05) is 44.3 Å². The summed E-state index contributed by atoms with van der Waals surface area (Å²) in [6, 6.07) is 9.83. The number of nitrogens with zero attached hydrogens (tertiary/aromatic N) is 2. The molecule has 1 saturated heterocycles. The first-order valence-electron chi connectivity index (χ1n) is 8.62. The van der Waals surface area contributed by atoms with Crippen LogP contribution in [0.15, 0.2) is 36.5 Å². The highest BCUT2D eigenvalue weighted by Crippen LogP contribution is 2.22. The van der Waals surface area contributed by atoms with E-state index in [2.05, 4.69) is 28.2 Å². The van der Waals surface area contributed by atoms with Crippen molar-refractivity contribution in [2.45, 2.75) is 33.6 Å². The van der Waals surface area contributed by atoms with E-state index in [1.165, 1.54) is 12.8 Å². The van der Waals surface area contributed by atoms with Crippen LogP contribution in [-0.2, 0) is 0 Å². The Kier molecular flexibility index (Phi) is 4.84. The highest BCUT2D eigenvalue weighted by Gasteiger charge is 2.17. The molecule has 1 atom stereocenters. The first kappa shape index (κ1) is 16.5. The van der Waals surface area contributed by atoms with Gasteiger partial charge in [0.15, 0.2) is 0 Å². The van der Waals surface area contributed by atoms with Crippen LogP contribution in [0, 0.1) is 19.8 Å². The highest BCUT2D eigenvalue weighted by atomic mass is 16.1. The van der Waals surface area contributed by atoms with E-state index in [-0.39, 0.29) is 5.91 Å². The van der Waals surface area contributed by atoms with Gasteiger partial charge in [-0.1, -0.05) is 13.0 Å². The monoisotopic (exact) mass is 323 g/mol. The maximum Gasteiger partial charge on any atom is 0.274 e. The first-order valence-corrected chi connectivity index (χ1v) is 8.62. The van der Waals surface area contributed by atoms with Crippen molar-refractivity contribution in [1.29, 1.82) is 0 Å². The quantitative estimate of drug-likeness (QED) is 0.921. The number of amides is 1. The van der Waals surface area contributed by atoms with Crippen molar-refractivity contribution in [3.63, 3.8) is 0 Å². The van der Waals surface area contributed by atoms with Crippen molar-refractivity contribution in [3.8, 4) is 0 Å². The molecule has 1 N–H and O–H groups in total. The lowest BCUT2D eigenvalue weighted by atomic mass is 10.00. The molecule has 1 unspecified atom stereocenters. The lowest BCUT2D eigenvalue weighted by Gasteiger charge is -2.32. The summed E-state index contributed by atoms with van der Waals surface area (Å²) >= 11 is 0. The third-order valence-electron chi connectivity index (χ3n) is 4.48. The molecule has 0 saturated carbocycles. The molecule has 0 aliphatic carbocycles. The van der Waals surface area contributed by atoms with Crippen LogP contribution < -0.4 is 10.2 Å². The van der Waals surface area contributed by atoms with Crippen LogP contribution in [0.25, 0.3) is 0 Å². The Hall–Kier alpha value is -2.36. The Bertz CT molecular complexity index is 704. The number of aromatic nitrogens is 1. The number of anilines is 2. The van der Waals surface area contributed by atoms with Crippen LogP contribution in [0.4, 0.5) is 11.4 Å². The highest BCUT2D eigenvalue weighted by molar-refractivity contribution is 6.03. The van der Waals surface area contributed by atoms with Crippen LogP contribution in [0.3, 0.4) is 0 Å². The van der Waals surface area contributed by atoms with Gasteiger partial charge in [0.1, 0.15) is 5.69 Å². The van der Waals surface area contributed by atoms with Gasteiger partial charge in [0.2, 0.25) is 0 Å². The van der Waals surface area contributed by atoms with E-state index in [0.717, 1.165) is 35.6 Å². The van der Waals surface area contributed by atoms with Crippen LogP contribution in [0.5, 0.6) is 0 Å². The van der Waals surface area contributed by atoms with Gasteiger partial charge in [-0.3, -0.25) is 4.79 Å². The van der Waals surface area contributed by atoms with E-state index < -0.39 is 0 Å². The Labute approximate surface area is 143 Å². The molecule has 1 aliphatic rings. The molecule has 2 aromatic rings. The zero-order valence-electron chi connectivity index (χ0n) is 14.7. The van der Waals surface area contributed by atoms with Gasteiger partial charge < -0.3 is 10.2 Å². The van der Waals surface area contributed by atoms with Gasteiger partial charge in [0, 0.05) is 18.8 Å². The molecule has 4 nitrogen and oxygen atoms in total. The smallest absolute Gasteiger partial charge is 0.274 e. The molecule has 0 spiro atoms. The molecule has 1 fully saturated rings. The van der Waals surface area contributed by atoms with E-state index in [9.17, 15) is 4.79 Å². The fraction of sp³-hybridized carbons (Fsp3) is 0.400. The summed E-state index contributed by atoms with van der Waals surface area (Å²) in [7, 11) is 0. The van der Waals surface area contributed by atoms with Crippen molar-refractivity contribution >= 4 is 17.3 Å². The van der Waals surface area contributed by atoms with Gasteiger partial charge in [-0.2, -0.15) is 0 Å². The van der Waals surface area contributed by atoms with Crippen LogP contribution in [-0.4, -0.2) is 24.0 Å². The normalized spacial score (nSPS) is 17.6. The summed E-state index contributed by atoms with van der Waals surface area (Å²) in [5.74, 6) is 0.546. The molecule has 24 heavy (non-hydrogen) atoms. The second-order valence-electron chi connectivity index (χ2n) is 6.93. The predicted octanol–water partition coefficient (Wildman–Crippen LogP) is 4.19. The summed E-state index contributed by atoms with van der Waals surface area (Å²) in [4.78, 5) is 19.1. The van der Waals surface area contributed by atoms with Gasteiger partial charge in [-0.25, -0.2) is 4.98 Å². The summed E-state index contributed by atoms with van der Waals surface area (Å²) < 4.78 is 0. The average molecular weight is 323 g/mol. The third-order valence-corrected chi connectivity index (χ3v) is 4.48. The number of aryl methyl sites for hydroxylation is 2. The van der Waals surface area contributed by atoms with Crippen molar-refractivity contribution < 1.29 is 4.79 Å². The molecule has 1 aromatic carbocycles. The molecule has 1 aromatic heterocycles. The van der Waals surface area contributed by atoms with E-state index in [4.69, 9.17) is 0 Å². The zero-order chi connectivity index (χ0) is 17.1. The number of pyridine rings is 1. The first-order chi connectivity index (χ1) is 11.5. The SMILES string of the molecule is Cc1cc(C)cc(NC(=O)c2ccc(N3CCCC(C)C3)cn2)c1. The summed E-state index contributed by atoms with van der Waals surface area (Å²) in [5.41, 5.74) is 4.63. The Balaban J connectivity index is 1.69. The Morgan fingerprint density at radius 2 is 1.96 bits per heavy atom. The minimum atomic E-state index is -0.168. The number of carbonyl (C=O) groups excluding carboxylic acids is 1. The third kappa shape index (κ3) is 3.94. The second kappa shape index (κ2) is 7.04. The molecule has 1 amide bonds. The average Bonchev–Trinajstić information content (AvgIpc) is 2.54. The van der Waals surface area contributed by atoms with E-state index in [0.29, 0.717) is 11.6 Å². The van der Waals surface area contributed by atoms with Gasteiger partial charge in [-0.15, -0.1) is 0 Å². The van der Waals surface area contributed by atoms with Crippen molar-refractivity contribution in [1.82, 2.24) is 4.98 Å². The van der Waals surface area contributed by atoms with Gasteiger partial charge >= 0.3 is 0 Å². The van der Waals surface area contributed by atoms with Crippen LogP contribution >= 0.6 is 0 Å². The fourth-order valence-corrected chi connectivity index (χ4v) is 3.37. The summed E-state index contributed by atoms with van der Waals surface area (Å²) in [6.07, 6.45) is 4.32. The lowest BCUT2D eigenvalue weighted by molar-refractivity contribution is 0.102. The molecule has 2 heterocycles. The van der Waals surface area contributed by atoms with Crippen molar-refractivity contribution in [2.24, 2.45) is 5.92 Å². The zero-order valence-corrected chi connectivity index (χ0v) is 14.7. The topological polar surface area (TPSA) is 45.2 Å². The van der Waals surface area contributed by atoms with Crippen LogP contribution in [0.1, 0.15) is 41.4 Å². The molecular formula is C20H25N3O. The fourth-order valence-electron chi connectivity index (χ4n) is 3.37. The van der Waals surface area contributed by atoms with Gasteiger partial charge in [-0.05, 0) is 68.0 Å². The predicted molar refractivity (Wildman–Crippen MR) is 98.7 cm³/mol. The Morgan fingerprint density at radius 3 is 2.58 bits per heavy atom. The van der Waals surface area contributed by atoms with Crippen LogP contribution in [0.2, 0.25) is 0 Å². The number of nitrogens with one attached hydrogen (secondary N) is 1. The minimum absolute atomic E-state index is 0.168. The minimum Gasteiger partial charge on any atom is -0.370 e. The number of carbonyl (C=O) groups is 1. The van der Waals surface area contributed by atoms with E-state index in [1.54, 1.807) is 0 Å². The molecule has 0 radical (unpaired) electrons. The molecule has 4 heteroatoms. The second-order valence-corrected chi connectivity index (χ2v) is 6.93. The number of hydrogen-bond donors (Lipinski definition) is 1. The molecular weight excluding hydrogens is 298 g/mol. The maximum atomic E-state index is 12.4. The van der Waals surface area contributed by atoms with E-state index >= 15 is 0 Å². The lowest BCUT2D eigenvalue weighted by Crippen LogP contribution is -2.34. The number of rotatable bonds is 3. The molecule has 0 bridgehead atoms. The van der Waals surface area contributed by atoms with Crippen molar-refractivity contribution in [3.05, 3.63) is 53.3 Å². The standard InChI is InChI=1S/C20H25N3O/c1-14-5-4-8-23(13-14)18-6-7-19(21-12-18)20(24)22-17-10-15(2)9-16(3)11-17/h6-7,9-12,14H,4-5,8,13H2,1-3H3,(H,22,24). The number of hydrogen-bond acceptors (Lipinski definition) is 3. The Morgan fingerprint density at radius 1 is 1.21 bits per heavy atom. The number of benzene rings is 1. The van der Waals surface area contributed by atoms with Gasteiger partial charge in [0.25, 0.3) is 5.91 Å². The van der Waals surface area contributed by atoms with Crippen molar-refractivity contribution in [2.75, 3.05) is 23.3 Å². The summed E-state index contributed by atoms with van der Waals surface area (Å²) in [5, 5.41) is 2.93. The number of piperidine rings is 1. The maximum absolute atomic E-state index is 12.4.